The van der Waals surface area contributed by atoms with Gasteiger partial charge in [0.05, 0.1) is 6.04 Å². The molecule has 4 heteroatoms. The molecule has 1 N–H and O–H groups in total. The molecule has 1 aliphatic rings. The lowest BCUT2D eigenvalue weighted by molar-refractivity contribution is 0.197. The maximum atomic E-state index is 14.4. The number of rotatable bonds is 3. The zero-order valence-electron chi connectivity index (χ0n) is 11.6. The van der Waals surface area contributed by atoms with Gasteiger partial charge in [-0.15, -0.1) is 11.3 Å². The first kappa shape index (κ1) is 13.7. The van der Waals surface area contributed by atoms with E-state index in [2.05, 4.69) is 21.7 Å². The van der Waals surface area contributed by atoms with Crippen molar-refractivity contribution in [2.24, 2.45) is 0 Å². The van der Waals surface area contributed by atoms with Crippen LogP contribution in [0.15, 0.2) is 35.7 Å². The zero-order chi connectivity index (χ0) is 13.9. The topological polar surface area (TPSA) is 15.3 Å². The van der Waals surface area contributed by atoms with Gasteiger partial charge in [-0.25, -0.2) is 4.39 Å². The van der Waals surface area contributed by atoms with Crippen molar-refractivity contribution in [2.45, 2.75) is 13.0 Å². The molecule has 0 aliphatic carbocycles. The van der Waals surface area contributed by atoms with Crippen molar-refractivity contribution in [1.82, 2.24) is 10.2 Å². The molecule has 0 radical (unpaired) electrons. The molecule has 0 unspecified atom stereocenters. The van der Waals surface area contributed by atoms with Gasteiger partial charge < -0.3 is 5.32 Å². The molecule has 1 aromatic carbocycles. The average molecular weight is 290 g/mol. The summed E-state index contributed by atoms with van der Waals surface area (Å²) < 4.78 is 14.4. The van der Waals surface area contributed by atoms with Crippen molar-refractivity contribution in [3.05, 3.63) is 57.5 Å². The lowest BCUT2D eigenvalue weighted by Gasteiger charge is -2.35. The molecule has 2 nitrogen and oxygen atoms in total. The van der Waals surface area contributed by atoms with E-state index < -0.39 is 0 Å². The summed E-state index contributed by atoms with van der Waals surface area (Å²) in [7, 11) is 0. The number of hydrogen-bond acceptors (Lipinski definition) is 3. The number of thiophene rings is 1. The minimum Gasteiger partial charge on any atom is -0.314 e. The molecule has 0 saturated carbocycles. The molecular weight excluding hydrogens is 271 g/mol. The Kier molecular flexibility index (Phi) is 4.15. The lowest BCUT2D eigenvalue weighted by Crippen LogP contribution is -2.45. The Labute approximate surface area is 123 Å². The van der Waals surface area contributed by atoms with E-state index in [1.807, 2.05) is 25.1 Å². The first-order valence-corrected chi connectivity index (χ1v) is 7.88. The largest absolute Gasteiger partial charge is 0.314 e. The number of nitrogens with one attached hydrogen (secondary N) is 1. The summed E-state index contributed by atoms with van der Waals surface area (Å²) in [5.41, 5.74) is 1.76. The number of benzene rings is 1. The number of hydrogen-bond donors (Lipinski definition) is 1. The fraction of sp³-hybridized carbons (Fsp3) is 0.375. The standard InChI is InChI=1S/C16H19FN2S/c1-12-4-5-13(14(17)11-12)16(15-3-2-10-20-15)19-8-6-18-7-9-19/h2-5,10-11,16,18H,6-9H2,1H3/t16-/m0/s1. The van der Waals surface area contributed by atoms with E-state index in [9.17, 15) is 4.39 Å². The van der Waals surface area contributed by atoms with Crippen molar-refractivity contribution in [3.63, 3.8) is 0 Å². The summed E-state index contributed by atoms with van der Waals surface area (Å²) in [5, 5.41) is 5.42. The highest BCUT2D eigenvalue weighted by atomic mass is 32.1. The molecule has 1 fully saturated rings. The van der Waals surface area contributed by atoms with Gasteiger partial charge in [-0.05, 0) is 30.0 Å². The summed E-state index contributed by atoms with van der Waals surface area (Å²) in [6, 6.07) is 9.77. The second-order valence-corrected chi connectivity index (χ2v) is 6.21. The van der Waals surface area contributed by atoms with Crippen LogP contribution in [0.2, 0.25) is 0 Å². The highest BCUT2D eigenvalue weighted by Crippen LogP contribution is 2.33. The SMILES string of the molecule is Cc1ccc([C@@H](c2cccs2)N2CCNCC2)c(F)c1. The van der Waals surface area contributed by atoms with Gasteiger partial charge in [0.2, 0.25) is 0 Å². The van der Waals surface area contributed by atoms with Crippen LogP contribution in [-0.4, -0.2) is 31.1 Å². The minimum atomic E-state index is -0.0954. The molecule has 0 spiro atoms. The van der Waals surface area contributed by atoms with Crippen molar-refractivity contribution in [3.8, 4) is 0 Å². The van der Waals surface area contributed by atoms with Crippen LogP contribution in [0.25, 0.3) is 0 Å². The fourth-order valence-corrected chi connectivity index (χ4v) is 3.65. The number of aryl methyl sites for hydroxylation is 1. The summed E-state index contributed by atoms with van der Waals surface area (Å²) in [6.07, 6.45) is 0. The maximum Gasteiger partial charge on any atom is 0.128 e. The normalized spacial score (nSPS) is 18.1. The summed E-state index contributed by atoms with van der Waals surface area (Å²) in [6.45, 7) is 5.77. The second-order valence-electron chi connectivity index (χ2n) is 5.23. The van der Waals surface area contributed by atoms with E-state index in [0.717, 1.165) is 37.3 Å². The van der Waals surface area contributed by atoms with Crippen LogP contribution in [0.4, 0.5) is 4.39 Å². The summed E-state index contributed by atoms with van der Waals surface area (Å²) in [5.74, 6) is -0.0954. The van der Waals surface area contributed by atoms with Gasteiger partial charge in [0.25, 0.3) is 0 Å². The van der Waals surface area contributed by atoms with Gasteiger partial charge in [-0.3, -0.25) is 4.90 Å². The molecule has 3 rings (SSSR count). The van der Waals surface area contributed by atoms with E-state index in [4.69, 9.17) is 0 Å². The van der Waals surface area contributed by atoms with Crippen LogP contribution in [0.1, 0.15) is 22.0 Å². The first-order valence-electron chi connectivity index (χ1n) is 7.00. The van der Waals surface area contributed by atoms with Crippen molar-refractivity contribution in [1.29, 1.82) is 0 Å². The Morgan fingerprint density at radius 2 is 2.05 bits per heavy atom. The lowest BCUT2D eigenvalue weighted by atomic mass is 10.0. The molecule has 2 heterocycles. The third kappa shape index (κ3) is 2.77. The smallest absolute Gasteiger partial charge is 0.128 e. The fourth-order valence-electron chi connectivity index (χ4n) is 2.77. The molecule has 106 valence electrons. The van der Waals surface area contributed by atoms with Crippen molar-refractivity contribution < 1.29 is 4.39 Å². The van der Waals surface area contributed by atoms with Crippen LogP contribution >= 0.6 is 11.3 Å². The van der Waals surface area contributed by atoms with Gasteiger partial charge in [0, 0.05) is 36.6 Å². The summed E-state index contributed by atoms with van der Waals surface area (Å²) in [4.78, 5) is 3.59. The monoisotopic (exact) mass is 290 g/mol. The third-order valence-electron chi connectivity index (χ3n) is 3.78. The minimum absolute atomic E-state index is 0.0395. The maximum absolute atomic E-state index is 14.4. The van der Waals surface area contributed by atoms with Gasteiger partial charge >= 0.3 is 0 Å². The van der Waals surface area contributed by atoms with Crippen LogP contribution in [0.3, 0.4) is 0 Å². The molecule has 1 aliphatic heterocycles. The quantitative estimate of drug-likeness (QED) is 0.934. The van der Waals surface area contributed by atoms with Crippen LogP contribution in [0, 0.1) is 12.7 Å². The Balaban J connectivity index is 2.00. The molecule has 2 aromatic rings. The van der Waals surface area contributed by atoms with Gasteiger partial charge in [-0.1, -0.05) is 18.2 Å². The molecule has 20 heavy (non-hydrogen) atoms. The van der Waals surface area contributed by atoms with Crippen LogP contribution in [-0.2, 0) is 0 Å². The number of nitrogens with zero attached hydrogens (tertiary/aromatic N) is 1. The highest BCUT2D eigenvalue weighted by molar-refractivity contribution is 7.10. The van der Waals surface area contributed by atoms with E-state index in [1.165, 1.54) is 4.88 Å². The van der Waals surface area contributed by atoms with E-state index in [-0.39, 0.29) is 11.9 Å². The van der Waals surface area contributed by atoms with E-state index in [0.29, 0.717) is 0 Å². The molecule has 0 amide bonds. The molecule has 0 bridgehead atoms. The Hall–Kier alpha value is -1.23. The Morgan fingerprint density at radius 3 is 2.70 bits per heavy atom. The van der Waals surface area contributed by atoms with Gasteiger partial charge in [0.15, 0.2) is 0 Å². The summed E-state index contributed by atoms with van der Waals surface area (Å²) >= 11 is 1.70. The van der Waals surface area contributed by atoms with Crippen LogP contribution < -0.4 is 5.32 Å². The second kappa shape index (κ2) is 6.04. The van der Waals surface area contributed by atoms with Crippen molar-refractivity contribution in [2.75, 3.05) is 26.2 Å². The molecule has 1 saturated heterocycles. The Bertz CT molecular complexity index is 562. The molecular formula is C16H19FN2S. The zero-order valence-corrected chi connectivity index (χ0v) is 12.4. The van der Waals surface area contributed by atoms with E-state index >= 15 is 0 Å². The van der Waals surface area contributed by atoms with E-state index in [1.54, 1.807) is 17.4 Å². The highest BCUT2D eigenvalue weighted by Gasteiger charge is 2.26. The number of halogens is 1. The molecule has 1 aromatic heterocycles. The predicted octanol–water partition coefficient (Wildman–Crippen LogP) is 3.19. The van der Waals surface area contributed by atoms with Crippen molar-refractivity contribution >= 4 is 11.3 Å². The first-order chi connectivity index (χ1) is 9.75. The van der Waals surface area contributed by atoms with Gasteiger partial charge in [0.1, 0.15) is 5.82 Å². The van der Waals surface area contributed by atoms with Crippen LogP contribution in [0.5, 0.6) is 0 Å². The average Bonchev–Trinajstić information content (AvgIpc) is 2.97. The predicted molar refractivity (Wildman–Crippen MR) is 81.7 cm³/mol. The third-order valence-corrected chi connectivity index (χ3v) is 4.70. The van der Waals surface area contributed by atoms with Gasteiger partial charge in [-0.2, -0.15) is 0 Å². The number of piperazine rings is 1. The molecule has 1 atom stereocenters. The Morgan fingerprint density at radius 1 is 1.25 bits per heavy atom.